The van der Waals surface area contributed by atoms with Crippen LogP contribution in [0.5, 0.6) is 0 Å². The van der Waals surface area contributed by atoms with Crippen LogP contribution in [0.15, 0.2) is 48.5 Å². The van der Waals surface area contributed by atoms with Crippen LogP contribution in [0.2, 0.25) is 0 Å². The molecule has 1 aromatic carbocycles. The predicted molar refractivity (Wildman–Crippen MR) is 117 cm³/mol. The van der Waals surface area contributed by atoms with E-state index in [4.69, 9.17) is 4.98 Å². The SMILES string of the molecule is Cc1cc(N2CCN(CC=Cc3ccccc3)CC2)nc(-n2nc(C)cc2C)n1. The van der Waals surface area contributed by atoms with Gasteiger partial charge in [0.1, 0.15) is 5.82 Å². The van der Waals surface area contributed by atoms with E-state index in [1.54, 1.807) is 0 Å². The first kappa shape index (κ1) is 19.3. The third-order valence-corrected chi connectivity index (χ3v) is 5.20. The van der Waals surface area contributed by atoms with E-state index in [2.05, 4.69) is 62.4 Å². The van der Waals surface area contributed by atoms with Gasteiger partial charge in [0.25, 0.3) is 5.95 Å². The van der Waals surface area contributed by atoms with Crippen LogP contribution in [0.1, 0.15) is 22.6 Å². The Hall–Kier alpha value is -2.99. The van der Waals surface area contributed by atoms with Gasteiger partial charge in [-0.2, -0.15) is 10.1 Å². The summed E-state index contributed by atoms with van der Waals surface area (Å²) in [6.45, 7) is 11.0. The standard InChI is InChI=1S/C23H28N6/c1-18-17-22(25-23(24-18)29-20(3)16-19(2)26-29)28-14-12-27(13-15-28)11-7-10-21-8-5-4-6-9-21/h4-10,16-17H,11-15H2,1-3H3. The van der Waals surface area contributed by atoms with Gasteiger partial charge < -0.3 is 4.90 Å². The minimum absolute atomic E-state index is 0.652. The first-order valence-electron chi connectivity index (χ1n) is 10.2. The molecule has 0 unspecified atom stereocenters. The Balaban J connectivity index is 1.39. The summed E-state index contributed by atoms with van der Waals surface area (Å²) in [4.78, 5) is 14.2. The fourth-order valence-electron chi connectivity index (χ4n) is 3.69. The number of hydrogen-bond acceptors (Lipinski definition) is 5. The molecule has 2 aromatic heterocycles. The lowest BCUT2D eigenvalue weighted by Crippen LogP contribution is -2.46. The van der Waals surface area contributed by atoms with Crippen LogP contribution in [-0.4, -0.2) is 57.4 Å². The van der Waals surface area contributed by atoms with Crippen LogP contribution in [0.25, 0.3) is 12.0 Å². The first-order valence-corrected chi connectivity index (χ1v) is 10.2. The van der Waals surface area contributed by atoms with Gasteiger partial charge in [0.15, 0.2) is 0 Å². The molecular formula is C23H28N6. The maximum Gasteiger partial charge on any atom is 0.252 e. The molecule has 150 valence electrons. The quantitative estimate of drug-likeness (QED) is 0.670. The molecular weight excluding hydrogens is 360 g/mol. The molecule has 0 radical (unpaired) electrons. The van der Waals surface area contributed by atoms with Crippen LogP contribution in [-0.2, 0) is 0 Å². The predicted octanol–water partition coefficient (Wildman–Crippen LogP) is 3.42. The molecule has 1 aliphatic heterocycles. The van der Waals surface area contributed by atoms with E-state index >= 15 is 0 Å². The smallest absolute Gasteiger partial charge is 0.252 e. The summed E-state index contributed by atoms with van der Waals surface area (Å²) in [7, 11) is 0. The molecule has 0 aliphatic carbocycles. The van der Waals surface area contributed by atoms with Crippen molar-refractivity contribution < 1.29 is 0 Å². The number of nitrogens with zero attached hydrogens (tertiary/aromatic N) is 6. The van der Waals surface area contributed by atoms with Crippen LogP contribution in [0.4, 0.5) is 5.82 Å². The normalized spacial score (nSPS) is 15.3. The molecule has 6 heteroatoms. The number of piperazine rings is 1. The molecule has 0 spiro atoms. The van der Waals surface area contributed by atoms with E-state index in [0.29, 0.717) is 5.95 Å². The second kappa shape index (κ2) is 8.57. The van der Waals surface area contributed by atoms with Crippen LogP contribution in [0, 0.1) is 20.8 Å². The van der Waals surface area contributed by atoms with Gasteiger partial charge in [0, 0.05) is 50.2 Å². The summed E-state index contributed by atoms with van der Waals surface area (Å²) in [5.41, 5.74) is 4.24. The van der Waals surface area contributed by atoms with Crippen molar-refractivity contribution in [1.29, 1.82) is 0 Å². The van der Waals surface area contributed by atoms with Crippen LogP contribution in [0.3, 0.4) is 0 Å². The number of aromatic nitrogens is 4. The van der Waals surface area contributed by atoms with Gasteiger partial charge in [-0.05, 0) is 32.4 Å². The molecule has 6 nitrogen and oxygen atoms in total. The highest BCUT2D eigenvalue weighted by Gasteiger charge is 2.19. The van der Waals surface area contributed by atoms with Crippen molar-refractivity contribution in [3.63, 3.8) is 0 Å². The molecule has 0 bridgehead atoms. The molecule has 3 aromatic rings. The lowest BCUT2D eigenvalue weighted by molar-refractivity contribution is 0.283. The summed E-state index contributed by atoms with van der Waals surface area (Å²) in [5.74, 6) is 1.64. The Kier molecular flexibility index (Phi) is 5.71. The molecule has 1 aliphatic rings. The molecule has 0 atom stereocenters. The molecule has 4 rings (SSSR count). The fourth-order valence-corrected chi connectivity index (χ4v) is 3.69. The molecule has 3 heterocycles. The largest absolute Gasteiger partial charge is 0.354 e. The average molecular weight is 389 g/mol. The van der Waals surface area contributed by atoms with E-state index < -0.39 is 0 Å². The zero-order valence-corrected chi connectivity index (χ0v) is 17.4. The summed E-state index contributed by atoms with van der Waals surface area (Å²) in [6.07, 6.45) is 4.45. The molecule has 1 saturated heterocycles. The lowest BCUT2D eigenvalue weighted by atomic mass is 10.2. The third-order valence-electron chi connectivity index (χ3n) is 5.20. The zero-order valence-electron chi connectivity index (χ0n) is 17.4. The van der Waals surface area contributed by atoms with Gasteiger partial charge in [-0.15, -0.1) is 0 Å². The number of anilines is 1. The van der Waals surface area contributed by atoms with Gasteiger partial charge >= 0.3 is 0 Å². The minimum Gasteiger partial charge on any atom is -0.354 e. The van der Waals surface area contributed by atoms with Gasteiger partial charge in [0.2, 0.25) is 0 Å². The maximum atomic E-state index is 4.81. The van der Waals surface area contributed by atoms with Crippen LogP contribution >= 0.6 is 0 Å². The van der Waals surface area contributed by atoms with E-state index in [1.165, 1.54) is 5.56 Å². The first-order chi connectivity index (χ1) is 14.1. The van der Waals surface area contributed by atoms with Crippen molar-refractivity contribution in [2.75, 3.05) is 37.6 Å². The number of benzene rings is 1. The van der Waals surface area contributed by atoms with Crippen LogP contribution < -0.4 is 4.90 Å². The summed E-state index contributed by atoms with van der Waals surface area (Å²) in [5, 5.41) is 4.54. The summed E-state index contributed by atoms with van der Waals surface area (Å²) in [6, 6.07) is 14.6. The molecule has 0 N–H and O–H groups in total. The minimum atomic E-state index is 0.652. The highest BCUT2D eigenvalue weighted by molar-refractivity contribution is 5.49. The highest BCUT2D eigenvalue weighted by atomic mass is 15.4. The highest BCUT2D eigenvalue weighted by Crippen LogP contribution is 2.18. The van der Waals surface area contributed by atoms with Crippen molar-refractivity contribution >= 4 is 11.9 Å². The lowest BCUT2D eigenvalue weighted by Gasteiger charge is -2.35. The fraction of sp³-hybridized carbons (Fsp3) is 0.348. The monoisotopic (exact) mass is 388 g/mol. The van der Waals surface area contributed by atoms with Crippen molar-refractivity contribution in [2.24, 2.45) is 0 Å². The van der Waals surface area contributed by atoms with Gasteiger partial charge in [-0.25, -0.2) is 9.67 Å². The zero-order chi connectivity index (χ0) is 20.2. The Morgan fingerprint density at radius 1 is 0.897 bits per heavy atom. The Morgan fingerprint density at radius 3 is 2.34 bits per heavy atom. The average Bonchev–Trinajstić information content (AvgIpc) is 3.07. The molecule has 1 fully saturated rings. The summed E-state index contributed by atoms with van der Waals surface area (Å²) >= 11 is 0. The van der Waals surface area contributed by atoms with Crippen molar-refractivity contribution in [1.82, 2.24) is 24.6 Å². The topological polar surface area (TPSA) is 50.1 Å². The maximum absolute atomic E-state index is 4.81. The second-order valence-corrected chi connectivity index (χ2v) is 7.61. The number of aryl methyl sites for hydroxylation is 3. The number of rotatable bonds is 5. The van der Waals surface area contributed by atoms with E-state index in [9.17, 15) is 0 Å². The van der Waals surface area contributed by atoms with Gasteiger partial charge in [-0.1, -0.05) is 42.5 Å². The van der Waals surface area contributed by atoms with Crippen molar-refractivity contribution in [3.8, 4) is 5.95 Å². The molecule has 0 saturated carbocycles. The van der Waals surface area contributed by atoms with Gasteiger partial charge in [0.05, 0.1) is 5.69 Å². The molecule has 0 amide bonds. The van der Waals surface area contributed by atoms with E-state index in [-0.39, 0.29) is 0 Å². The Morgan fingerprint density at radius 2 is 1.66 bits per heavy atom. The Labute approximate surface area is 172 Å². The summed E-state index contributed by atoms with van der Waals surface area (Å²) < 4.78 is 1.83. The van der Waals surface area contributed by atoms with Crippen molar-refractivity contribution in [2.45, 2.75) is 20.8 Å². The van der Waals surface area contributed by atoms with E-state index in [0.717, 1.165) is 55.6 Å². The number of hydrogen-bond donors (Lipinski definition) is 0. The van der Waals surface area contributed by atoms with E-state index in [1.807, 2.05) is 37.6 Å². The molecule has 29 heavy (non-hydrogen) atoms. The Bertz CT molecular complexity index is 984. The van der Waals surface area contributed by atoms with Crippen molar-refractivity contribution in [3.05, 3.63) is 71.2 Å². The third kappa shape index (κ3) is 4.71. The van der Waals surface area contributed by atoms with Gasteiger partial charge in [-0.3, -0.25) is 4.90 Å². The second-order valence-electron chi connectivity index (χ2n) is 7.61.